The molecule has 0 saturated heterocycles. The van der Waals surface area contributed by atoms with Crippen molar-refractivity contribution in [3.05, 3.63) is 66.1 Å². The number of rotatable bonds is 6. The van der Waals surface area contributed by atoms with E-state index in [9.17, 15) is 9.59 Å². The zero-order valence-corrected chi connectivity index (χ0v) is 17.9. The van der Waals surface area contributed by atoms with Gasteiger partial charge in [-0.2, -0.15) is 0 Å². The van der Waals surface area contributed by atoms with Crippen LogP contribution in [0.2, 0.25) is 0 Å². The maximum absolute atomic E-state index is 15.6. The number of aliphatic carboxylic acids is 1. The average Bonchev–Trinajstić information content (AvgIpc) is 3.19. The van der Waals surface area contributed by atoms with Gasteiger partial charge >= 0.3 is 30.9 Å². The van der Waals surface area contributed by atoms with E-state index in [1.54, 1.807) is 49.5 Å². The molecule has 2 aromatic heterocycles. The van der Waals surface area contributed by atoms with Crippen molar-refractivity contribution in [3.63, 3.8) is 0 Å². The Labute approximate surface area is 205 Å². The van der Waals surface area contributed by atoms with Gasteiger partial charge in [-0.05, 0) is 36.2 Å². The van der Waals surface area contributed by atoms with Gasteiger partial charge in [0.1, 0.15) is 5.52 Å². The summed E-state index contributed by atoms with van der Waals surface area (Å²) in [5.41, 5.74) is 2.99. The topological polar surface area (TPSA) is 104 Å². The van der Waals surface area contributed by atoms with E-state index in [4.69, 9.17) is 5.11 Å². The Morgan fingerprint density at radius 3 is 2.52 bits per heavy atom. The number of hydrogen-bond acceptors (Lipinski definition) is 5. The van der Waals surface area contributed by atoms with Crippen molar-refractivity contribution in [1.29, 1.82) is 0 Å². The molecule has 4 rings (SSSR count). The van der Waals surface area contributed by atoms with E-state index in [2.05, 4.69) is 20.6 Å². The quantitative estimate of drug-likeness (QED) is 0.374. The van der Waals surface area contributed by atoms with Gasteiger partial charge in [0.05, 0.1) is 16.8 Å². The van der Waals surface area contributed by atoms with Crippen molar-refractivity contribution >= 4 is 57.5 Å². The predicted octanol–water partition coefficient (Wildman–Crippen LogP) is 4.28. The van der Waals surface area contributed by atoms with Crippen LogP contribution in [0.5, 0.6) is 0 Å². The standard InChI is InChI=1S/C23H19FN4O3S.Li.H/c1-2-25-22(31)28-23-27-20-19(24)15(14-8-6-13(7-9-14)11-18(29)30)12-16(21(20)32-23)17-5-3-4-10-26-17;;/h3-10,12H,2,11H2,1H3,(H,29,30)(H2,25,27,28,31);;. The molecule has 0 aliphatic carbocycles. The van der Waals surface area contributed by atoms with Crippen LogP contribution < -0.4 is 10.6 Å². The fourth-order valence-corrected chi connectivity index (χ4v) is 4.29. The molecule has 3 N–H and O–H groups in total. The summed E-state index contributed by atoms with van der Waals surface area (Å²) in [5, 5.41) is 14.5. The van der Waals surface area contributed by atoms with Crippen molar-refractivity contribution in [3.8, 4) is 22.4 Å². The van der Waals surface area contributed by atoms with Gasteiger partial charge < -0.3 is 10.4 Å². The molecular weight excluding hydrogens is 438 g/mol. The number of nitrogens with one attached hydrogen (secondary N) is 2. The number of carboxylic acid groups (broad SMARTS) is 1. The van der Waals surface area contributed by atoms with Gasteiger partial charge in [0.25, 0.3) is 0 Å². The summed E-state index contributed by atoms with van der Waals surface area (Å²) < 4.78 is 16.1. The van der Waals surface area contributed by atoms with Gasteiger partial charge in [-0.3, -0.25) is 15.1 Å². The Bertz CT molecular complexity index is 1300. The number of benzene rings is 2. The first-order valence-corrected chi connectivity index (χ1v) is 10.7. The summed E-state index contributed by atoms with van der Waals surface area (Å²) >= 11 is 1.17. The molecule has 0 saturated carbocycles. The number of carbonyl (C=O) groups excluding carboxylic acids is 1. The van der Waals surface area contributed by atoms with Gasteiger partial charge in [-0.1, -0.05) is 41.7 Å². The number of anilines is 1. The number of urea groups is 1. The second kappa shape index (κ2) is 10.6. The number of carbonyl (C=O) groups is 2. The summed E-state index contributed by atoms with van der Waals surface area (Å²) in [7, 11) is 0. The number of fused-ring (bicyclic) bond motifs is 1. The summed E-state index contributed by atoms with van der Waals surface area (Å²) in [6.45, 7) is 2.25. The van der Waals surface area contributed by atoms with E-state index in [0.717, 1.165) is 0 Å². The van der Waals surface area contributed by atoms with E-state index in [1.807, 2.05) is 12.1 Å². The van der Waals surface area contributed by atoms with Crippen LogP contribution >= 0.6 is 11.3 Å². The zero-order chi connectivity index (χ0) is 22.7. The molecule has 0 aliphatic rings. The van der Waals surface area contributed by atoms with Crippen LogP contribution in [0.3, 0.4) is 0 Å². The van der Waals surface area contributed by atoms with E-state index in [1.165, 1.54) is 11.3 Å². The van der Waals surface area contributed by atoms with Gasteiger partial charge in [0.15, 0.2) is 10.9 Å². The van der Waals surface area contributed by atoms with E-state index < -0.39 is 17.8 Å². The Morgan fingerprint density at radius 1 is 1.12 bits per heavy atom. The molecule has 0 atom stereocenters. The predicted molar refractivity (Wildman–Crippen MR) is 129 cm³/mol. The van der Waals surface area contributed by atoms with Gasteiger partial charge in [0, 0.05) is 23.9 Å². The molecule has 0 unspecified atom stereocenters. The first-order valence-electron chi connectivity index (χ1n) is 9.86. The van der Waals surface area contributed by atoms with Gasteiger partial charge in [-0.15, -0.1) is 0 Å². The Balaban J connectivity index is 0.00000306. The fourth-order valence-electron chi connectivity index (χ4n) is 3.31. The number of amides is 2. The Hall–Kier alpha value is -3.25. The third-order valence-corrected chi connectivity index (χ3v) is 5.73. The Kier molecular flexibility index (Phi) is 7.82. The van der Waals surface area contributed by atoms with E-state index >= 15 is 4.39 Å². The third kappa shape index (κ3) is 5.39. The van der Waals surface area contributed by atoms with Crippen LogP contribution in [0.25, 0.3) is 32.6 Å². The summed E-state index contributed by atoms with van der Waals surface area (Å²) in [4.78, 5) is 31.6. The van der Waals surface area contributed by atoms with Crippen molar-refractivity contribution in [2.45, 2.75) is 13.3 Å². The number of aromatic nitrogens is 2. The molecule has 4 aromatic rings. The minimum absolute atomic E-state index is 0. The van der Waals surface area contributed by atoms with Crippen molar-refractivity contribution < 1.29 is 19.1 Å². The van der Waals surface area contributed by atoms with Crippen LogP contribution in [-0.2, 0) is 11.2 Å². The van der Waals surface area contributed by atoms with Crippen LogP contribution in [0.1, 0.15) is 12.5 Å². The third-order valence-electron chi connectivity index (χ3n) is 4.72. The minimum atomic E-state index is -0.933. The van der Waals surface area contributed by atoms with E-state index in [0.29, 0.717) is 39.2 Å². The van der Waals surface area contributed by atoms with Crippen LogP contribution in [0, 0.1) is 5.82 Å². The second-order valence-corrected chi connectivity index (χ2v) is 7.95. The molecule has 33 heavy (non-hydrogen) atoms. The molecule has 0 fully saturated rings. The Morgan fingerprint density at radius 2 is 1.88 bits per heavy atom. The first kappa shape index (κ1) is 24.4. The number of hydrogen-bond donors (Lipinski definition) is 3. The summed E-state index contributed by atoms with van der Waals surface area (Å²) in [6.07, 6.45) is 1.54. The average molecular weight is 458 g/mol. The molecule has 0 spiro atoms. The monoisotopic (exact) mass is 458 g/mol. The normalized spacial score (nSPS) is 10.5. The summed E-state index contributed by atoms with van der Waals surface area (Å²) in [6, 6.07) is 13.4. The first-order chi connectivity index (χ1) is 15.5. The van der Waals surface area contributed by atoms with Crippen molar-refractivity contribution in [2.24, 2.45) is 0 Å². The van der Waals surface area contributed by atoms with Crippen LogP contribution in [0.15, 0.2) is 54.7 Å². The molecule has 164 valence electrons. The number of nitrogens with zero attached hydrogens (tertiary/aromatic N) is 2. The molecule has 2 heterocycles. The molecule has 2 amide bonds. The molecule has 10 heteroatoms. The number of carboxylic acids is 1. The number of halogens is 1. The van der Waals surface area contributed by atoms with Crippen molar-refractivity contribution in [1.82, 2.24) is 15.3 Å². The zero-order valence-electron chi connectivity index (χ0n) is 17.1. The molecule has 0 aliphatic heterocycles. The van der Waals surface area contributed by atoms with Crippen LogP contribution in [0.4, 0.5) is 14.3 Å². The summed E-state index contributed by atoms with van der Waals surface area (Å²) in [5.74, 6) is -1.46. The fraction of sp³-hybridized carbons (Fsp3) is 0.130. The SMILES string of the molecule is CCNC(=O)Nc1nc2c(F)c(-c3ccc(CC(=O)O)cc3)cc(-c3ccccn3)c2s1.[LiH]. The molecule has 7 nitrogen and oxygen atoms in total. The van der Waals surface area contributed by atoms with Crippen LogP contribution in [-0.4, -0.2) is 52.5 Å². The van der Waals surface area contributed by atoms with Gasteiger partial charge in [0.2, 0.25) is 0 Å². The molecular formula is C23H20FLiN4O3S. The molecule has 2 aromatic carbocycles. The van der Waals surface area contributed by atoms with Crippen molar-refractivity contribution in [2.75, 3.05) is 11.9 Å². The van der Waals surface area contributed by atoms with E-state index in [-0.39, 0.29) is 35.9 Å². The second-order valence-electron chi connectivity index (χ2n) is 6.95. The molecule has 0 bridgehead atoms. The molecule has 0 radical (unpaired) electrons. The number of thiazole rings is 1. The maximum atomic E-state index is 15.6. The number of pyridine rings is 1. The van der Waals surface area contributed by atoms with Gasteiger partial charge in [-0.25, -0.2) is 14.2 Å².